The number of benzene rings is 1. The number of nitro groups is 1. The second kappa shape index (κ2) is 7.15. The standard InChI is InChI=1S/C14H14N6O3S/c1-23-7-6-15-12-11(20(21)22)13(17-8-16-12)19-14-18-9-4-2-3-5-10(9)24-14/h2-5,8H,6-7H2,1H3,(H2,15,16,17,18,19). The molecule has 0 spiro atoms. The number of thiazole rings is 1. The Morgan fingerprint density at radius 3 is 2.83 bits per heavy atom. The molecule has 3 rings (SSSR count). The van der Waals surface area contributed by atoms with Crippen LogP contribution in [0, 0.1) is 10.1 Å². The molecule has 0 radical (unpaired) electrons. The normalized spacial score (nSPS) is 10.7. The smallest absolute Gasteiger partial charge is 0.353 e. The quantitative estimate of drug-likeness (QED) is 0.381. The molecule has 0 aliphatic heterocycles. The summed E-state index contributed by atoms with van der Waals surface area (Å²) in [6.45, 7) is 0.802. The molecule has 0 aliphatic rings. The van der Waals surface area contributed by atoms with Crippen molar-refractivity contribution in [2.75, 3.05) is 30.9 Å². The zero-order valence-corrected chi connectivity index (χ0v) is 13.5. The molecule has 10 heteroatoms. The number of methoxy groups -OCH3 is 1. The second-order valence-corrected chi connectivity index (χ2v) is 5.74. The topological polar surface area (TPSA) is 115 Å². The van der Waals surface area contributed by atoms with E-state index < -0.39 is 4.92 Å². The van der Waals surface area contributed by atoms with Crippen molar-refractivity contribution in [1.82, 2.24) is 15.0 Å². The summed E-state index contributed by atoms with van der Waals surface area (Å²) in [5.74, 6) is 0.227. The number of ether oxygens (including phenoxy) is 1. The lowest BCUT2D eigenvalue weighted by Gasteiger charge is -2.08. The zero-order chi connectivity index (χ0) is 16.9. The molecule has 1 aromatic carbocycles. The van der Waals surface area contributed by atoms with Crippen LogP contribution in [0.25, 0.3) is 10.2 Å². The number of hydrogen-bond acceptors (Lipinski definition) is 9. The van der Waals surface area contributed by atoms with E-state index in [9.17, 15) is 10.1 Å². The number of nitrogens with one attached hydrogen (secondary N) is 2. The number of aromatic nitrogens is 3. The van der Waals surface area contributed by atoms with Gasteiger partial charge in [-0.05, 0) is 12.1 Å². The monoisotopic (exact) mass is 346 g/mol. The number of fused-ring (bicyclic) bond motifs is 1. The molecule has 0 fully saturated rings. The molecule has 0 saturated carbocycles. The first-order valence-electron chi connectivity index (χ1n) is 7.04. The summed E-state index contributed by atoms with van der Waals surface area (Å²) in [7, 11) is 1.55. The van der Waals surface area contributed by atoms with Crippen molar-refractivity contribution in [3.05, 3.63) is 40.7 Å². The van der Waals surface area contributed by atoms with Crippen molar-refractivity contribution >= 4 is 44.0 Å². The average Bonchev–Trinajstić information content (AvgIpc) is 2.97. The van der Waals surface area contributed by atoms with Crippen molar-refractivity contribution in [3.8, 4) is 0 Å². The molecule has 3 aromatic rings. The van der Waals surface area contributed by atoms with E-state index in [-0.39, 0.29) is 17.3 Å². The maximum atomic E-state index is 11.4. The molecule has 9 nitrogen and oxygen atoms in total. The minimum absolute atomic E-state index is 0.0916. The van der Waals surface area contributed by atoms with Crippen molar-refractivity contribution in [2.24, 2.45) is 0 Å². The Hall–Kier alpha value is -2.85. The van der Waals surface area contributed by atoms with Crippen LogP contribution in [-0.4, -0.2) is 40.1 Å². The van der Waals surface area contributed by atoms with Gasteiger partial charge in [-0.15, -0.1) is 0 Å². The van der Waals surface area contributed by atoms with Crippen LogP contribution in [0.15, 0.2) is 30.6 Å². The zero-order valence-electron chi connectivity index (χ0n) is 12.7. The predicted molar refractivity (Wildman–Crippen MR) is 92.0 cm³/mol. The molecule has 2 aromatic heterocycles. The Morgan fingerprint density at radius 1 is 1.29 bits per heavy atom. The van der Waals surface area contributed by atoms with Crippen molar-refractivity contribution in [3.63, 3.8) is 0 Å². The molecule has 0 amide bonds. The SMILES string of the molecule is COCCNc1ncnc(Nc2nc3ccccc3s2)c1[N+](=O)[O-]. The van der Waals surface area contributed by atoms with E-state index in [0.29, 0.717) is 18.3 Å². The van der Waals surface area contributed by atoms with Gasteiger partial charge in [0, 0.05) is 13.7 Å². The average molecular weight is 346 g/mol. The molecular formula is C14H14N6O3S. The molecule has 0 saturated heterocycles. The van der Waals surface area contributed by atoms with E-state index in [0.717, 1.165) is 10.2 Å². The van der Waals surface area contributed by atoms with Gasteiger partial charge in [0.1, 0.15) is 6.33 Å². The van der Waals surface area contributed by atoms with Gasteiger partial charge in [0.25, 0.3) is 0 Å². The minimum Gasteiger partial charge on any atom is -0.383 e. The number of para-hydroxylation sites is 1. The lowest BCUT2D eigenvalue weighted by Crippen LogP contribution is -2.12. The molecule has 0 atom stereocenters. The third-order valence-electron chi connectivity index (χ3n) is 3.12. The largest absolute Gasteiger partial charge is 0.383 e. The highest BCUT2D eigenvalue weighted by atomic mass is 32.1. The molecule has 24 heavy (non-hydrogen) atoms. The number of rotatable bonds is 7. The predicted octanol–water partition coefficient (Wildman–Crippen LogP) is 2.80. The summed E-state index contributed by atoms with van der Waals surface area (Å²) in [6.07, 6.45) is 1.26. The molecule has 2 heterocycles. The number of nitrogens with zero attached hydrogens (tertiary/aromatic N) is 4. The fourth-order valence-electron chi connectivity index (χ4n) is 2.07. The summed E-state index contributed by atoms with van der Waals surface area (Å²) >= 11 is 1.39. The molecule has 0 unspecified atom stereocenters. The van der Waals surface area contributed by atoms with Gasteiger partial charge in [-0.1, -0.05) is 23.5 Å². The highest BCUT2D eigenvalue weighted by molar-refractivity contribution is 7.22. The van der Waals surface area contributed by atoms with E-state index in [4.69, 9.17) is 4.74 Å². The summed E-state index contributed by atoms with van der Waals surface area (Å²) in [6, 6.07) is 7.61. The minimum atomic E-state index is -0.523. The van der Waals surface area contributed by atoms with Crippen LogP contribution in [0.2, 0.25) is 0 Å². The van der Waals surface area contributed by atoms with Crippen molar-refractivity contribution in [2.45, 2.75) is 0 Å². The summed E-state index contributed by atoms with van der Waals surface area (Å²) < 4.78 is 5.91. The molecule has 124 valence electrons. The van der Waals surface area contributed by atoms with Crippen LogP contribution in [0.1, 0.15) is 0 Å². The first kappa shape index (κ1) is 16.0. The fourth-order valence-corrected chi connectivity index (χ4v) is 2.94. The highest BCUT2D eigenvalue weighted by Crippen LogP contribution is 2.33. The van der Waals surface area contributed by atoms with E-state index >= 15 is 0 Å². The first-order valence-corrected chi connectivity index (χ1v) is 7.85. The van der Waals surface area contributed by atoms with Gasteiger partial charge >= 0.3 is 5.69 Å². The van der Waals surface area contributed by atoms with Crippen molar-refractivity contribution in [1.29, 1.82) is 0 Å². The van der Waals surface area contributed by atoms with Crippen LogP contribution in [0.4, 0.5) is 22.5 Å². The lowest BCUT2D eigenvalue weighted by atomic mass is 10.3. The van der Waals surface area contributed by atoms with Gasteiger partial charge in [-0.25, -0.2) is 15.0 Å². The lowest BCUT2D eigenvalue weighted by molar-refractivity contribution is -0.383. The summed E-state index contributed by atoms with van der Waals surface area (Å²) in [4.78, 5) is 23.2. The van der Waals surface area contributed by atoms with Gasteiger partial charge in [-0.2, -0.15) is 0 Å². The third kappa shape index (κ3) is 3.39. The van der Waals surface area contributed by atoms with Gasteiger partial charge in [-0.3, -0.25) is 10.1 Å². The highest BCUT2D eigenvalue weighted by Gasteiger charge is 2.23. The number of hydrogen-bond donors (Lipinski definition) is 2. The molecular weight excluding hydrogens is 332 g/mol. The van der Waals surface area contributed by atoms with Gasteiger partial charge in [0.15, 0.2) is 5.13 Å². The maximum absolute atomic E-state index is 11.4. The van der Waals surface area contributed by atoms with E-state index in [1.807, 2.05) is 24.3 Å². The van der Waals surface area contributed by atoms with Gasteiger partial charge < -0.3 is 15.4 Å². The van der Waals surface area contributed by atoms with Gasteiger partial charge in [0.2, 0.25) is 11.6 Å². The molecule has 0 bridgehead atoms. The fraction of sp³-hybridized carbons (Fsp3) is 0.214. The van der Waals surface area contributed by atoms with Gasteiger partial charge in [0.05, 0.1) is 21.7 Å². The Labute approximate surface area is 140 Å². The van der Waals surface area contributed by atoms with Crippen LogP contribution < -0.4 is 10.6 Å². The Balaban J connectivity index is 1.91. The van der Waals surface area contributed by atoms with E-state index in [1.54, 1.807) is 7.11 Å². The van der Waals surface area contributed by atoms with Crippen LogP contribution >= 0.6 is 11.3 Å². The Kier molecular flexibility index (Phi) is 4.77. The maximum Gasteiger partial charge on any atom is 0.353 e. The summed E-state index contributed by atoms with van der Waals surface area (Å²) in [5, 5.41) is 17.8. The number of anilines is 3. The Morgan fingerprint density at radius 2 is 2.08 bits per heavy atom. The van der Waals surface area contributed by atoms with Crippen LogP contribution in [0.3, 0.4) is 0 Å². The van der Waals surface area contributed by atoms with Crippen LogP contribution in [-0.2, 0) is 4.74 Å². The molecule has 2 N–H and O–H groups in total. The van der Waals surface area contributed by atoms with E-state index in [1.165, 1.54) is 17.7 Å². The third-order valence-corrected chi connectivity index (χ3v) is 4.07. The first-order chi connectivity index (χ1) is 11.7. The summed E-state index contributed by atoms with van der Waals surface area (Å²) in [5.41, 5.74) is 0.591. The van der Waals surface area contributed by atoms with Crippen LogP contribution in [0.5, 0.6) is 0 Å². The van der Waals surface area contributed by atoms with Crippen molar-refractivity contribution < 1.29 is 9.66 Å². The molecule has 0 aliphatic carbocycles. The second-order valence-electron chi connectivity index (χ2n) is 4.71. The van der Waals surface area contributed by atoms with E-state index in [2.05, 4.69) is 25.6 Å². The Bertz CT molecular complexity index is 836.